The second-order valence-corrected chi connectivity index (χ2v) is 5.14. The first-order valence-corrected chi connectivity index (χ1v) is 6.69. The van der Waals surface area contributed by atoms with Gasteiger partial charge in [0, 0.05) is 12.1 Å². The van der Waals surface area contributed by atoms with E-state index in [-0.39, 0.29) is 5.54 Å². The molecule has 0 aliphatic rings. The molecule has 0 aliphatic heterocycles. The Morgan fingerprint density at radius 1 is 1.17 bits per heavy atom. The Labute approximate surface area is 111 Å². The van der Waals surface area contributed by atoms with Crippen LogP contribution in [0.2, 0.25) is 0 Å². The number of ether oxygens (including phenoxy) is 1. The van der Waals surface area contributed by atoms with E-state index in [0.717, 1.165) is 31.9 Å². The fraction of sp³-hybridized carbons (Fsp3) is 0.600. The lowest BCUT2D eigenvalue weighted by Gasteiger charge is -2.24. The molecule has 0 saturated heterocycles. The van der Waals surface area contributed by atoms with E-state index in [4.69, 9.17) is 4.74 Å². The molecule has 1 aromatic carbocycles. The minimum atomic E-state index is 0.152. The van der Waals surface area contributed by atoms with Crippen LogP contribution in [0.15, 0.2) is 24.3 Å². The molecule has 0 radical (unpaired) electrons. The van der Waals surface area contributed by atoms with Crippen molar-refractivity contribution in [2.45, 2.75) is 32.7 Å². The van der Waals surface area contributed by atoms with Gasteiger partial charge in [-0.1, -0.05) is 12.1 Å². The largest absolute Gasteiger partial charge is 0.494 e. The minimum absolute atomic E-state index is 0.152. The van der Waals surface area contributed by atoms with E-state index in [0.29, 0.717) is 0 Å². The van der Waals surface area contributed by atoms with E-state index in [1.165, 1.54) is 5.56 Å². The molecule has 102 valence electrons. The molecular weight excluding hydrogens is 224 g/mol. The van der Waals surface area contributed by atoms with Crippen molar-refractivity contribution in [3.05, 3.63) is 29.8 Å². The van der Waals surface area contributed by atoms with Crippen LogP contribution in [0, 0.1) is 0 Å². The van der Waals surface area contributed by atoms with Crippen molar-refractivity contribution in [1.82, 2.24) is 10.6 Å². The Morgan fingerprint density at radius 2 is 1.83 bits per heavy atom. The van der Waals surface area contributed by atoms with Crippen molar-refractivity contribution in [3.8, 4) is 5.75 Å². The van der Waals surface area contributed by atoms with Crippen LogP contribution in [0.3, 0.4) is 0 Å². The van der Waals surface area contributed by atoms with Crippen LogP contribution >= 0.6 is 0 Å². The number of nitrogens with one attached hydrogen (secondary N) is 2. The second-order valence-electron chi connectivity index (χ2n) is 5.14. The van der Waals surface area contributed by atoms with Crippen molar-refractivity contribution in [3.63, 3.8) is 0 Å². The zero-order valence-electron chi connectivity index (χ0n) is 12.0. The summed E-state index contributed by atoms with van der Waals surface area (Å²) in [6.45, 7) is 9.08. The molecule has 2 N–H and O–H groups in total. The van der Waals surface area contributed by atoms with Crippen LogP contribution in [0.4, 0.5) is 0 Å². The van der Waals surface area contributed by atoms with Crippen molar-refractivity contribution in [2.75, 3.05) is 26.7 Å². The summed E-state index contributed by atoms with van der Waals surface area (Å²) < 4.78 is 5.42. The molecule has 0 unspecified atom stereocenters. The highest BCUT2D eigenvalue weighted by Crippen LogP contribution is 2.12. The summed E-state index contributed by atoms with van der Waals surface area (Å²) in [5.41, 5.74) is 1.49. The average Bonchev–Trinajstić information content (AvgIpc) is 2.37. The van der Waals surface area contributed by atoms with Gasteiger partial charge in [0.05, 0.1) is 6.61 Å². The van der Waals surface area contributed by atoms with Crippen molar-refractivity contribution in [2.24, 2.45) is 0 Å². The molecule has 0 amide bonds. The van der Waals surface area contributed by atoms with Crippen LogP contribution in [0.1, 0.15) is 26.3 Å². The molecule has 0 spiro atoms. The average molecular weight is 250 g/mol. The van der Waals surface area contributed by atoms with E-state index in [1.807, 2.05) is 26.1 Å². The van der Waals surface area contributed by atoms with Gasteiger partial charge in [-0.15, -0.1) is 0 Å². The molecule has 0 heterocycles. The first-order chi connectivity index (χ1) is 8.57. The lowest BCUT2D eigenvalue weighted by Crippen LogP contribution is -2.46. The molecule has 0 atom stereocenters. The maximum atomic E-state index is 5.42. The molecular formula is C15H26N2O. The van der Waals surface area contributed by atoms with Gasteiger partial charge in [-0.05, 0) is 58.5 Å². The Bertz CT molecular complexity index is 333. The van der Waals surface area contributed by atoms with Gasteiger partial charge < -0.3 is 15.4 Å². The van der Waals surface area contributed by atoms with E-state index < -0.39 is 0 Å². The fourth-order valence-corrected chi connectivity index (χ4v) is 1.64. The maximum absolute atomic E-state index is 5.42. The van der Waals surface area contributed by atoms with Gasteiger partial charge in [0.25, 0.3) is 0 Å². The van der Waals surface area contributed by atoms with Crippen LogP contribution in [-0.2, 0) is 6.42 Å². The number of likely N-dealkylation sites (N-methyl/N-ethyl adjacent to an activating group) is 1. The third-order valence-corrected chi connectivity index (χ3v) is 3.07. The molecule has 18 heavy (non-hydrogen) atoms. The zero-order valence-corrected chi connectivity index (χ0v) is 12.0. The molecule has 0 aliphatic carbocycles. The van der Waals surface area contributed by atoms with Crippen molar-refractivity contribution < 1.29 is 4.74 Å². The van der Waals surface area contributed by atoms with Crippen molar-refractivity contribution in [1.29, 1.82) is 0 Å². The second kappa shape index (κ2) is 7.39. The van der Waals surface area contributed by atoms with E-state index in [2.05, 4.69) is 36.6 Å². The SMILES string of the molecule is CCOc1ccc(CCNCC(C)(C)NC)cc1. The summed E-state index contributed by atoms with van der Waals surface area (Å²) >= 11 is 0. The smallest absolute Gasteiger partial charge is 0.119 e. The molecule has 1 aromatic rings. The molecule has 3 nitrogen and oxygen atoms in total. The lowest BCUT2D eigenvalue weighted by atomic mass is 10.1. The summed E-state index contributed by atoms with van der Waals surface area (Å²) in [6.07, 6.45) is 1.05. The third-order valence-electron chi connectivity index (χ3n) is 3.07. The number of hydrogen-bond donors (Lipinski definition) is 2. The molecule has 1 rings (SSSR count). The van der Waals surface area contributed by atoms with Gasteiger partial charge in [-0.2, -0.15) is 0 Å². The highest BCUT2D eigenvalue weighted by atomic mass is 16.5. The van der Waals surface area contributed by atoms with E-state index in [9.17, 15) is 0 Å². The molecule has 0 fully saturated rings. The first-order valence-electron chi connectivity index (χ1n) is 6.69. The van der Waals surface area contributed by atoms with Gasteiger partial charge in [0.2, 0.25) is 0 Å². The molecule has 0 saturated carbocycles. The summed E-state index contributed by atoms with van der Waals surface area (Å²) in [5, 5.41) is 6.75. The van der Waals surface area contributed by atoms with Crippen LogP contribution < -0.4 is 15.4 Å². The predicted octanol–water partition coefficient (Wildman–Crippen LogP) is 2.22. The number of rotatable bonds is 8. The highest BCUT2D eigenvalue weighted by molar-refractivity contribution is 5.27. The zero-order chi connectivity index (χ0) is 13.4. The lowest BCUT2D eigenvalue weighted by molar-refractivity contribution is 0.340. The van der Waals surface area contributed by atoms with Crippen LogP contribution in [-0.4, -0.2) is 32.3 Å². The topological polar surface area (TPSA) is 33.3 Å². The molecule has 0 aromatic heterocycles. The van der Waals surface area contributed by atoms with E-state index in [1.54, 1.807) is 0 Å². The number of hydrogen-bond acceptors (Lipinski definition) is 3. The van der Waals surface area contributed by atoms with Gasteiger partial charge in [0.1, 0.15) is 5.75 Å². The van der Waals surface area contributed by atoms with Crippen LogP contribution in [0.25, 0.3) is 0 Å². The maximum Gasteiger partial charge on any atom is 0.119 e. The predicted molar refractivity (Wildman–Crippen MR) is 77.3 cm³/mol. The normalized spacial score (nSPS) is 11.6. The standard InChI is InChI=1S/C15H26N2O/c1-5-18-14-8-6-13(7-9-14)10-11-17-12-15(2,3)16-4/h6-9,16-17H,5,10-12H2,1-4H3. The minimum Gasteiger partial charge on any atom is -0.494 e. The summed E-state index contributed by atoms with van der Waals surface area (Å²) in [4.78, 5) is 0. The first kappa shape index (κ1) is 15.0. The monoisotopic (exact) mass is 250 g/mol. The van der Waals surface area contributed by atoms with Gasteiger partial charge in [-0.25, -0.2) is 0 Å². The van der Waals surface area contributed by atoms with Gasteiger partial charge in [-0.3, -0.25) is 0 Å². The van der Waals surface area contributed by atoms with Crippen molar-refractivity contribution >= 4 is 0 Å². The Kier molecular flexibility index (Phi) is 6.16. The van der Waals surface area contributed by atoms with E-state index >= 15 is 0 Å². The summed E-state index contributed by atoms with van der Waals surface area (Å²) in [6, 6.07) is 8.35. The number of benzene rings is 1. The Balaban J connectivity index is 2.27. The Hall–Kier alpha value is -1.06. The molecule has 0 bridgehead atoms. The van der Waals surface area contributed by atoms with Gasteiger partial charge >= 0.3 is 0 Å². The van der Waals surface area contributed by atoms with Gasteiger partial charge in [0.15, 0.2) is 0 Å². The highest BCUT2D eigenvalue weighted by Gasteiger charge is 2.12. The summed E-state index contributed by atoms with van der Waals surface area (Å²) in [5.74, 6) is 0.950. The van der Waals surface area contributed by atoms with Crippen LogP contribution in [0.5, 0.6) is 5.75 Å². The fourth-order valence-electron chi connectivity index (χ4n) is 1.64. The third kappa shape index (κ3) is 5.52. The quantitative estimate of drug-likeness (QED) is 0.694. The Morgan fingerprint density at radius 3 is 2.39 bits per heavy atom. The summed E-state index contributed by atoms with van der Waals surface area (Å²) in [7, 11) is 1.99. The molecule has 3 heteroatoms.